The highest BCUT2D eigenvalue weighted by molar-refractivity contribution is 9.10. The van der Waals surface area contributed by atoms with Gasteiger partial charge in [0.1, 0.15) is 5.82 Å². The summed E-state index contributed by atoms with van der Waals surface area (Å²) in [5.41, 5.74) is 10.4. The Balaban J connectivity index is 2.47. The summed E-state index contributed by atoms with van der Waals surface area (Å²) < 4.78 is 14.1. The first kappa shape index (κ1) is 13.2. The quantitative estimate of drug-likeness (QED) is 0.881. The summed E-state index contributed by atoms with van der Waals surface area (Å²) in [5, 5.41) is 0. The first-order chi connectivity index (χ1) is 8.49. The van der Waals surface area contributed by atoms with Crippen molar-refractivity contribution in [1.29, 1.82) is 0 Å². The second kappa shape index (κ2) is 5.21. The average molecular weight is 308 g/mol. The lowest BCUT2D eigenvalue weighted by Gasteiger charge is -2.17. The Morgan fingerprint density at radius 3 is 2.56 bits per heavy atom. The van der Waals surface area contributed by atoms with E-state index >= 15 is 0 Å². The van der Waals surface area contributed by atoms with Gasteiger partial charge >= 0.3 is 0 Å². The van der Waals surface area contributed by atoms with Crippen LogP contribution in [0.2, 0.25) is 0 Å². The molecule has 1 nitrogen and oxygen atoms in total. The van der Waals surface area contributed by atoms with Crippen LogP contribution in [-0.4, -0.2) is 0 Å². The van der Waals surface area contributed by atoms with Gasteiger partial charge in [-0.3, -0.25) is 0 Å². The third kappa shape index (κ3) is 2.62. The molecule has 0 aromatic heterocycles. The molecule has 2 aromatic rings. The van der Waals surface area contributed by atoms with Gasteiger partial charge in [0.05, 0.1) is 6.04 Å². The van der Waals surface area contributed by atoms with Crippen molar-refractivity contribution in [2.24, 2.45) is 5.73 Å². The van der Waals surface area contributed by atoms with E-state index < -0.39 is 0 Å². The third-order valence-corrected chi connectivity index (χ3v) is 3.68. The van der Waals surface area contributed by atoms with Crippen molar-refractivity contribution in [3.05, 3.63) is 68.9 Å². The van der Waals surface area contributed by atoms with Crippen LogP contribution >= 0.6 is 15.9 Å². The molecule has 0 aliphatic heterocycles. The minimum absolute atomic E-state index is 0.278. The minimum Gasteiger partial charge on any atom is -0.320 e. The lowest BCUT2D eigenvalue weighted by atomic mass is 9.93. The minimum atomic E-state index is -0.308. The van der Waals surface area contributed by atoms with Crippen LogP contribution in [0.1, 0.15) is 28.3 Å². The summed E-state index contributed by atoms with van der Waals surface area (Å²) in [7, 11) is 0. The Kier molecular flexibility index (Phi) is 3.83. The highest BCUT2D eigenvalue weighted by Crippen LogP contribution is 2.27. The highest BCUT2D eigenvalue weighted by Gasteiger charge is 2.13. The van der Waals surface area contributed by atoms with Crippen molar-refractivity contribution in [1.82, 2.24) is 0 Å². The van der Waals surface area contributed by atoms with Crippen molar-refractivity contribution >= 4 is 15.9 Å². The molecular weight excluding hydrogens is 293 g/mol. The number of hydrogen-bond acceptors (Lipinski definition) is 1. The molecule has 1 atom stereocenters. The fraction of sp³-hybridized carbons (Fsp3) is 0.200. The van der Waals surface area contributed by atoms with Gasteiger partial charge in [0.15, 0.2) is 0 Å². The van der Waals surface area contributed by atoms with E-state index in [0.717, 1.165) is 16.7 Å². The maximum atomic E-state index is 13.4. The molecule has 0 bridgehead atoms. The molecule has 0 radical (unpaired) electrons. The summed E-state index contributed by atoms with van der Waals surface area (Å²) in [6.45, 7) is 4.09. The van der Waals surface area contributed by atoms with Gasteiger partial charge in [0.2, 0.25) is 0 Å². The van der Waals surface area contributed by atoms with E-state index in [1.54, 1.807) is 0 Å². The lowest BCUT2D eigenvalue weighted by Crippen LogP contribution is -2.14. The largest absolute Gasteiger partial charge is 0.320 e. The topological polar surface area (TPSA) is 26.0 Å². The van der Waals surface area contributed by atoms with Crippen LogP contribution in [0.4, 0.5) is 4.39 Å². The van der Waals surface area contributed by atoms with Gasteiger partial charge in [-0.25, -0.2) is 4.39 Å². The molecular formula is C15H15BrFN. The van der Waals surface area contributed by atoms with Crippen LogP contribution in [0.25, 0.3) is 0 Å². The van der Waals surface area contributed by atoms with Crippen LogP contribution < -0.4 is 5.73 Å². The molecule has 2 aromatic carbocycles. The molecule has 0 saturated heterocycles. The summed E-state index contributed by atoms with van der Waals surface area (Å²) >= 11 is 3.29. The molecule has 0 aliphatic carbocycles. The molecule has 2 rings (SSSR count). The molecule has 0 aliphatic rings. The van der Waals surface area contributed by atoms with Crippen LogP contribution in [0.15, 0.2) is 40.9 Å². The van der Waals surface area contributed by atoms with Crippen molar-refractivity contribution in [2.75, 3.05) is 0 Å². The summed E-state index contributed by atoms with van der Waals surface area (Å²) in [6.07, 6.45) is 0. The average Bonchev–Trinajstić information content (AvgIpc) is 2.30. The molecule has 0 saturated carbocycles. The molecule has 3 heteroatoms. The van der Waals surface area contributed by atoms with E-state index in [2.05, 4.69) is 15.9 Å². The van der Waals surface area contributed by atoms with Crippen LogP contribution in [0.5, 0.6) is 0 Å². The van der Waals surface area contributed by atoms with Crippen molar-refractivity contribution in [3.63, 3.8) is 0 Å². The Morgan fingerprint density at radius 1 is 1.17 bits per heavy atom. The zero-order valence-electron chi connectivity index (χ0n) is 10.4. The number of benzene rings is 2. The Bertz CT molecular complexity index is 560. The highest BCUT2D eigenvalue weighted by atomic mass is 79.9. The Hall–Kier alpha value is -1.19. The zero-order valence-corrected chi connectivity index (χ0v) is 12.0. The molecule has 94 valence electrons. The monoisotopic (exact) mass is 307 g/mol. The van der Waals surface area contributed by atoms with E-state index in [4.69, 9.17) is 5.73 Å². The third-order valence-electron chi connectivity index (χ3n) is 3.23. The summed E-state index contributed by atoms with van der Waals surface area (Å²) in [4.78, 5) is 0. The van der Waals surface area contributed by atoms with Crippen LogP contribution in [0, 0.1) is 19.7 Å². The predicted octanol–water partition coefficient (Wildman–Crippen LogP) is 4.25. The van der Waals surface area contributed by atoms with Gasteiger partial charge in [-0.2, -0.15) is 0 Å². The Morgan fingerprint density at radius 2 is 1.89 bits per heavy atom. The smallest absolute Gasteiger partial charge is 0.124 e. The summed E-state index contributed by atoms with van der Waals surface area (Å²) in [5.74, 6) is -0.278. The van der Waals surface area contributed by atoms with Crippen molar-refractivity contribution in [2.45, 2.75) is 19.9 Å². The number of hydrogen-bond donors (Lipinski definition) is 1. The van der Waals surface area contributed by atoms with E-state index in [-0.39, 0.29) is 11.9 Å². The molecule has 0 spiro atoms. The maximum absolute atomic E-state index is 13.4. The van der Waals surface area contributed by atoms with Gasteiger partial charge in [0, 0.05) is 4.47 Å². The van der Waals surface area contributed by atoms with Crippen LogP contribution in [-0.2, 0) is 0 Å². The molecule has 0 heterocycles. The number of rotatable bonds is 2. The fourth-order valence-electron chi connectivity index (χ4n) is 2.04. The SMILES string of the molecule is Cc1cccc(C(N)c2cc(F)cc(Br)c2)c1C. The van der Waals surface area contributed by atoms with Gasteiger partial charge in [-0.15, -0.1) is 0 Å². The van der Waals surface area contributed by atoms with Gasteiger partial charge in [-0.1, -0.05) is 34.1 Å². The van der Waals surface area contributed by atoms with Crippen LogP contribution in [0.3, 0.4) is 0 Å². The normalized spacial score (nSPS) is 12.5. The molecule has 2 N–H and O–H groups in total. The van der Waals surface area contributed by atoms with E-state index in [9.17, 15) is 4.39 Å². The second-order valence-electron chi connectivity index (χ2n) is 4.47. The summed E-state index contributed by atoms with van der Waals surface area (Å²) in [6, 6.07) is 10.5. The van der Waals surface area contributed by atoms with E-state index in [1.165, 1.54) is 17.7 Å². The van der Waals surface area contributed by atoms with E-state index in [0.29, 0.717) is 4.47 Å². The van der Waals surface area contributed by atoms with Crippen molar-refractivity contribution < 1.29 is 4.39 Å². The fourth-order valence-corrected chi connectivity index (χ4v) is 2.53. The second-order valence-corrected chi connectivity index (χ2v) is 5.39. The zero-order chi connectivity index (χ0) is 13.3. The number of nitrogens with two attached hydrogens (primary N) is 1. The number of aryl methyl sites for hydroxylation is 1. The first-order valence-corrected chi connectivity index (χ1v) is 6.56. The van der Waals surface area contributed by atoms with Gasteiger partial charge < -0.3 is 5.73 Å². The standard InChI is InChI=1S/C15H15BrFN/c1-9-4-3-5-14(10(9)2)15(18)11-6-12(16)8-13(17)7-11/h3-8,15H,18H2,1-2H3. The maximum Gasteiger partial charge on any atom is 0.124 e. The first-order valence-electron chi connectivity index (χ1n) is 5.76. The molecule has 1 unspecified atom stereocenters. The number of halogens is 2. The van der Waals surface area contributed by atoms with E-state index in [1.807, 2.05) is 38.1 Å². The van der Waals surface area contributed by atoms with Gasteiger partial charge in [-0.05, 0) is 54.3 Å². The molecule has 0 amide bonds. The Labute approximate surface area is 115 Å². The molecule has 18 heavy (non-hydrogen) atoms. The van der Waals surface area contributed by atoms with Gasteiger partial charge in [0.25, 0.3) is 0 Å². The van der Waals surface area contributed by atoms with Crippen molar-refractivity contribution in [3.8, 4) is 0 Å². The molecule has 0 fully saturated rings. The lowest BCUT2D eigenvalue weighted by molar-refractivity contribution is 0.622. The predicted molar refractivity (Wildman–Crippen MR) is 76.0 cm³/mol.